The molecule has 0 saturated carbocycles. The van der Waals surface area contributed by atoms with Crippen molar-refractivity contribution in [3.05, 3.63) is 35.6 Å². The summed E-state index contributed by atoms with van der Waals surface area (Å²) in [6.45, 7) is 6.14. The molecule has 7 nitrogen and oxygen atoms in total. The number of benzene rings is 1. The average molecular weight is 316 g/mol. The van der Waals surface area contributed by atoms with Crippen LogP contribution in [0.25, 0.3) is 4.96 Å². The van der Waals surface area contributed by atoms with Gasteiger partial charge in [-0.15, -0.1) is 15.3 Å². The second-order valence-corrected chi connectivity index (χ2v) is 5.59. The normalized spacial score (nSPS) is 10.8. The van der Waals surface area contributed by atoms with Crippen molar-refractivity contribution in [3.8, 4) is 0 Å². The Bertz CT molecular complexity index is 746. The largest absolute Gasteiger partial charge is 0.372 e. The molecule has 0 spiro atoms. The van der Waals surface area contributed by atoms with Crippen molar-refractivity contribution in [1.82, 2.24) is 19.8 Å². The fourth-order valence-electron chi connectivity index (χ4n) is 2.18. The lowest BCUT2D eigenvalue weighted by Crippen LogP contribution is -2.21. The number of anilines is 2. The first-order chi connectivity index (χ1) is 10.7. The predicted molar refractivity (Wildman–Crippen MR) is 86.6 cm³/mol. The maximum absolute atomic E-state index is 12.2. The number of nitrogens with zero attached hydrogens (tertiary/aromatic N) is 5. The van der Waals surface area contributed by atoms with Crippen LogP contribution in [-0.4, -0.2) is 38.8 Å². The van der Waals surface area contributed by atoms with E-state index in [9.17, 15) is 4.79 Å². The molecule has 0 fully saturated rings. The van der Waals surface area contributed by atoms with Crippen LogP contribution in [0.4, 0.5) is 11.4 Å². The van der Waals surface area contributed by atoms with E-state index in [0.29, 0.717) is 9.97 Å². The molecule has 2 heterocycles. The van der Waals surface area contributed by atoms with E-state index in [4.69, 9.17) is 0 Å². The highest BCUT2D eigenvalue weighted by atomic mass is 32.1. The minimum Gasteiger partial charge on any atom is -0.372 e. The highest BCUT2D eigenvalue weighted by Gasteiger charge is 2.14. The molecule has 1 amide bonds. The highest BCUT2D eigenvalue weighted by molar-refractivity contribution is 7.18. The molecule has 0 radical (unpaired) electrons. The summed E-state index contributed by atoms with van der Waals surface area (Å²) >= 11 is 1.20. The average Bonchev–Trinajstić information content (AvgIpc) is 3.11. The van der Waals surface area contributed by atoms with E-state index < -0.39 is 0 Å². The molecule has 22 heavy (non-hydrogen) atoms. The summed E-state index contributed by atoms with van der Waals surface area (Å²) in [4.78, 5) is 15.0. The lowest BCUT2D eigenvalue weighted by molar-refractivity contribution is 0.102. The molecular weight excluding hydrogens is 300 g/mol. The topological polar surface area (TPSA) is 75.4 Å². The van der Waals surface area contributed by atoms with Crippen LogP contribution in [0.2, 0.25) is 0 Å². The second-order valence-electron chi connectivity index (χ2n) is 4.64. The zero-order chi connectivity index (χ0) is 15.5. The van der Waals surface area contributed by atoms with E-state index in [0.717, 1.165) is 24.5 Å². The Morgan fingerprint density at radius 1 is 1.27 bits per heavy atom. The van der Waals surface area contributed by atoms with Crippen LogP contribution < -0.4 is 10.2 Å². The molecule has 0 bridgehead atoms. The summed E-state index contributed by atoms with van der Waals surface area (Å²) in [6.07, 6.45) is 1.47. The molecule has 3 aromatic rings. The number of amides is 1. The molecule has 0 aliphatic rings. The van der Waals surface area contributed by atoms with E-state index in [1.54, 1.807) is 0 Å². The molecule has 1 N–H and O–H groups in total. The lowest BCUT2D eigenvalue weighted by atomic mass is 10.2. The summed E-state index contributed by atoms with van der Waals surface area (Å²) in [5, 5.41) is 14.9. The number of fused-ring (bicyclic) bond motifs is 1. The first-order valence-electron chi connectivity index (χ1n) is 7.04. The first kappa shape index (κ1) is 14.5. The van der Waals surface area contributed by atoms with Gasteiger partial charge in [0.1, 0.15) is 6.33 Å². The highest BCUT2D eigenvalue weighted by Crippen LogP contribution is 2.19. The number of carbonyl (C=O) groups is 1. The predicted octanol–water partition coefficient (Wildman–Crippen LogP) is 2.28. The number of carbonyl (C=O) groups excluding carboxylic acids is 1. The van der Waals surface area contributed by atoms with Crippen LogP contribution >= 0.6 is 11.3 Å². The van der Waals surface area contributed by atoms with Gasteiger partial charge in [-0.25, -0.2) is 0 Å². The van der Waals surface area contributed by atoms with Crippen LogP contribution in [0.1, 0.15) is 23.6 Å². The van der Waals surface area contributed by atoms with Gasteiger partial charge in [-0.2, -0.15) is 4.52 Å². The number of aromatic nitrogens is 4. The number of hydrogen-bond donors (Lipinski definition) is 1. The van der Waals surface area contributed by atoms with Crippen molar-refractivity contribution in [2.75, 3.05) is 23.3 Å². The molecule has 0 saturated heterocycles. The van der Waals surface area contributed by atoms with Crippen molar-refractivity contribution in [1.29, 1.82) is 0 Å². The first-order valence-corrected chi connectivity index (χ1v) is 7.86. The number of hydrogen-bond acceptors (Lipinski definition) is 6. The standard InChI is InChI=1S/C14H16N6OS/c1-3-19(4-2)11-7-5-10(6-8-11)16-12(21)13-18-20-9-15-17-14(20)22-13/h5-9H,3-4H2,1-2H3,(H,16,21). The van der Waals surface area contributed by atoms with Gasteiger partial charge in [0.15, 0.2) is 0 Å². The minimum atomic E-state index is -0.244. The molecule has 1 aromatic carbocycles. The zero-order valence-corrected chi connectivity index (χ0v) is 13.2. The molecule has 0 atom stereocenters. The van der Waals surface area contributed by atoms with Crippen molar-refractivity contribution < 1.29 is 4.79 Å². The summed E-state index contributed by atoms with van der Waals surface area (Å²) in [6, 6.07) is 7.79. The van der Waals surface area contributed by atoms with Crippen LogP contribution in [0, 0.1) is 0 Å². The molecule has 0 aliphatic carbocycles. The van der Waals surface area contributed by atoms with Gasteiger partial charge in [0.2, 0.25) is 9.97 Å². The Balaban J connectivity index is 1.72. The van der Waals surface area contributed by atoms with Gasteiger partial charge in [-0.1, -0.05) is 11.3 Å². The zero-order valence-electron chi connectivity index (χ0n) is 12.4. The molecule has 0 unspecified atom stereocenters. The smallest absolute Gasteiger partial charge is 0.286 e. The molecule has 114 valence electrons. The van der Waals surface area contributed by atoms with Gasteiger partial charge in [0.25, 0.3) is 5.91 Å². The second kappa shape index (κ2) is 6.10. The Morgan fingerprint density at radius 3 is 2.64 bits per heavy atom. The fourth-order valence-corrected chi connectivity index (χ4v) is 2.90. The van der Waals surface area contributed by atoms with E-state index in [-0.39, 0.29) is 5.91 Å². The van der Waals surface area contributed by atoms with Crippen LogP contribution in [0.15, 0.2) is 30.6 Å². The van der Waals surface area contributed by atoms with Crippen LogP contribution in [-0.2, 0) is 0 Å². The Kier molecular flexibility index (Phi) is 4.01. The monoisotopic (exact) mass is 316 g/mol. The SMILES string of the molecule is CCN(CC)c1ccc(NC(=O)c2nn3cnnc3s2)cc1. The number of nitrogens with one attached hydrogen (secondary N) is 1. The third kappa shape index (κ3) is 2.77. The van der Waals surface area contributed by atoms with Gasteiger partial charge >= 0.3 is 0 Å². The fraction of sp³-hybridized carbons (Fsp3) is 0.286. The van der Waals surface area contributed by atoms with Gasteiger partial charge in [0, 0.05) is 24.5 Å². The lowest BCUT2D eigenvalue weighted by Gasteiger charge is -2.21. The molecule has 0 aliphatic heterocycles. The summed E-state index contributed by atoms with van der Waals surface area (Å²) in [5.41, 5.74) is 1.88. The van der Waals surface area contributed by atoms with Gasteiger partial charge < -0.3 is 10.2 Å². The quantitative estimate of drug-likeness (QED) is 0.781. The van der Waals surface area contributed by atoms with Gasteiger partial charge in [-0.05, 0) is 38.1 Å². The molecular formula is C14H16N6OS. The number of rotatable bonds is 5. The van der Waals surface area contributed by atoms with Gasteiger partial charge in [0.05, 0.1) is 0 Å². The maximum Gasteiger partial charge on any atom is 0.286 e. The van der Waals surface area contributed by atoms with Crippen molar-refractivity contribution in [2.24, 2.45) is 0 Å². The third-order valence-electron chi connectivity index (χ3n) is 3.33. The van der Waals surface area contributed by atoms with Crippen LogP contribution in [0.3, 0.4) is 0 Å². The summed E-state index contributed by atoms with van der Waals surface area (Å²) in [7, 11) is 0. The van der Waals surface area contributed by atoms with Crippen molar-refractivity contribution in [2.45, 2.75) is 13.8 Å². The molecule has 8 heteroatoms. The van der Waals surface area contributed by atoms with Crippen LogP contribution in [0.5, 0.6) is 0 Å². The molecule has 2 aromatic heterocycles. The van der Waals surface area contributed by atoms with E-state index in [1.165, 1.54) is 22.2 Å². The third-order valence-corrected chi connectivity index (χ3v) is 4.25. The van der Waals surface area contributed by atoms with E-state index in [2.05, 4.69) is 39.4 Å². The maximum atomic E-state index is 12.2. The van der Waals surface area contributed by atoms with Gasteiger partial charge in [-0.3, -0.25) is 4.79 Å². The Morgan fingerprint density at radius 2 is 2.00 bits per heavy atom. The molecule has 3 rings (SSSR count). The van der Waals surface area contributed by atoms with E-state index >= 15 is 0 Å². The summed E-state index contributed by atoms with van der Waals surface area (Å²) in [5.74, 6) is -0.244. The van der Waals surface area contributed by atoms with Crippen molar-refractivity contribution in [3.63, 3.8) is 0 Å². The summed E-state index contributed by atoms with van der Waals surface area (Å²) < 4.78 is 1.49. The van der Waals surface area contributed by atoms with Crippen molar-refractivity contribution >= 4 is 33.6 Å². The minimum absolute atomic E-state index is 0.244. The van der Waals surface area contributed by atoms with E-state index in [1.807, 2.05) is 24.3 Å². The Labute approximate surface area is 131 Å². The Hall–Kier alpha value is -2.48.